The lowest BCUT2D eigenvalue weighted by atomic mass is 10.3. The lowest BCUT2D eigenvalue weighted by Gasteiger charge is -1.97. The standard InChI is InChI=1S/C7H7ClN2O4/c1-13-5(11)3-4(6(12)14-2)10-7(8)9-3/h1-2H3,(H,9,10). The van der Waals surface area contributed by atoms with Crippen molar-refractivity contribution in [3.05, 3.63) is 16.7 Å². The molecule has 0 fully saturated rings. The predicted molar refractivity (Wildman–Crippen MR) is 46.3 cm³/mol. The highest BCUT2D eigenvalue weighted by Crippen LogP contribution is 2.12. The molecule has 0 atom stereocenters. The van der Waals surface area contributed by atoms with E-state index >= 15 is 0 Å². The SMILES string of the molecule is COC(=O)c1nc(Cl)[nH]c1C(=O)OC. The smallest absolute Gasteiger partial charge is 0.359 e. The van der Waals surface area contributed by atoms with E-state index < -0.39 is 11.9 Å². The van der Waals surface area contributed by atoms with Crippen LogP contribution in [-0.2, 0) is 9.47 Å². The molecular formula is C7H7ClN2O4. The molecule has 0 bridgehead atoms. The Morgan fingerprint density at radius 3 is 2.36 bits per heavy atom. The highest BCUT2D eigenvalue weighted by molar-refractivity contribution is 6.28. The van der Waals surface area contributed by atoms with Crippen molar-refractivity contribution in [3.63, 3.8) is 0 Å². The second kappa shape index (κ2) is 4.10. The van der Waals surface area contributed by atoms with Gasteiger partial charge in [-0.2, -0.15) is 0 Å². The predicted octanol–water partition coefficient (Wildman–Crippen LogP) is 0.636. The lowest BCUT2D eigenvalue weighted by molar-refractivity contribution is 0.0548. The summed E-state index contributed by atoms with van der Waals surface area (Å²) in [6, 6.07) is 0. The van der Waals surface area contributed by atoms with Crippen molar-refractivity contribution >= 4 is 23.5 Å². The van der Waals surface area contributed by atoms with Gasteiger partial charge in [0, 0.05) is 0 Å². The van der Waals surface area contributed by atoms with Crippen molar-refractivity contribution in [1.29, 1.82) is 0 Å². The van der Waals surface area contributed by atoms with Gasteiger partial charge in [0.05, 0.1) is 14.2 Å². The molecule has 14 heavy (non-hydrogen) atoms. The minimum Gasteiger partial charge on any atom is -0.464 e. The number of carbonyl (C=O) groups excluding carboxylic acids is 2. The van der Waals surface area contributed by atoms with E-state index in [1.165, 1.54) is 14.2 Å². The molecule has 0 aliphatic carbocycles. The second-order valence-electron chi connectivity index (χ2n) is 2.23. The van der Waals surface area contributed by atoms with Gasteiger partial charge >= 0.3 is 11.9 Å². The van der Waals surface area contributed by atoms with Gasteiger partial charge in [0.15, 0.2) is 11.4 Å². The van der Waals surface area contributed by atoms with Crippen LogP contribution in [0.4, 0.5) is 0 Å². The first-order valence-electron chi connectivity index (χ1n) is 3.52. The Labute approximate surface area is 84.2 Å². The molecule has 0 unspecified atom stereocenters. The zero-order valence-corrected chi connectivity index (χ0v) is 8.21. The monoisotopic (exact) mass is 218 g/mol. The molecule has 0 aliphatic heterocycles. The molecular weight excluding hydrogens is 212 g/mol. The van der Waals surface area contributed by atoms with Crippen LogP contribution < -0.4 is 0 Å². The van der Waals surface area contributed by atoms with E-state index in [-0.39, 0.29) is 16.7 Å². The number of carbonyl (C=O) groups is 2. The van der Waals surface area contributed by atoms with E-state index in [1.807, 2.05) is 0 Å². The number of rotatable bonds is 2. The quantitative estimate of drug-likeness (QED) is 0.737. The summed E-state index contributed by atoms with van der Waals surface area (Å²) in [5.41, 5.74) is -0.311. The molecule has 0 radical (unpaired) electrons. The Morgan fingerprint density at radius 1 is 1.29 bits per heavy atom. The first-order valence-corrected chi connectivity index (χ1v) is 3.90. The van der Waals surface area contributed by atoms with Gasteiger partial charge in [0.25, 0.3) is 0 Å². The molecule has 76 valence electrons. The van der Waals surface area contributed by atoms with E-state index in [0.29, 0.717) is 0 Å². The summed E-state index contributed by atoms with van der Waals surface area (Å²) in [5, 5.41) is -0.0780. The Balaban J connectivity index is 3.15. The van der Waals surface area contributed by atoms with Crippen molar-refractivity contribution in [3.8, 4) is 0 Å². The van der Waals surface area contributed by atoms with Gasteiger partial charge in [-0.05, 0) is 11.6 Å². The average molecular weight is 219 g/mol. The number of nitrogens with one attached hydrogen (secondary N) is 1. The molecule has 1 N–H and O–H groups in total. The Hall–Kier alpha value is -1.56. The summed E-state index contributed by atoms with van der Waals surface area (Å²) >= 11 is 5.49. The molecule has 6 nitrogen and oxygen atoms in total. The van der Waals surface area contributed by atoms with E-state index in [4.69, 9.17) is 11.6 Å². The summed E-state index contributed by atoms with van der Waals surface area (Å²) in [6.45, 7) is 0. The Bertz CT molecular complexity index is 340. The molecule has 0 aromatic carbocycles. The largest absolute Gasteiger partial charge is 0.464 e. The maximum Gasteiger partial charge on any atom is 0.359 e. The highest BCUT2D eigenvalue weighted by atomic mass is 35.5. The van der Waals surface area contributed by atoms with Crippen LogP contribution in [0.3, 0.4) is 0 Å². The number of aromatic nitrogens is 2. The van der Waals surface area contributed by atoms with Crippen LogP contribution in [-0.4, -0.2) is 36.1 Å². The molecule has 0 saturated heterocycles. The number of methoxy groups -OCH3 is 2. The van der Waals surface area contributed by atoms with E-state index in [1.54, 1.807) is 0 Å². The number of ether oxygens (including phenoxy) is 2. The van der Waals surface area contributed by atoms with Crippen LogP contribution in [0.2, 0.25) is 5.28 Å². The molecule has 7 heteroatoms. The first-order chi connectivity index (χ1) is 6.60. The van der Waals surface area contributed by atoms with Crippen LogP contribution in [0.25, 0.3) is 0 Å². The topological polar surface area (TPSA) is 81.3 Å². The number of hydrogen-bond acceptors (Lipinski definition) is 5. The summed E-state index contributed by atoms with van der Waals surface area (Å²) in [4.78, 5) is 28.2. The fraction of sp³-hybridized carbons (Fsp3) is 0.286. The number of nitrogens with zero attached hydrogens (tertiary/aromatic N) is 1. The van der Waals surface area contributed by atoms with E-state index in [0.717, 1.165) is 0 Å². The lowest BCUT2D eigenvalue weighted by Crippen LogP contribution is -2.11. The summed E-state index contributed by atoms with van der Waals surface area (Å²) in [7, 11) is 2.35. The minimum absolute atomic E-state index is 0.0780. The fourth-order valence-electron chi connectivity index (χ4n) is 0.839. The van der Waals surface area contributed by atoms with Gasteiger partial charge in [-0.1, -0.05) is 0 Å². The third-order valence-corrected chi connectivity index (χ3v) is 1.62. The highest BCUT2D eigenvalue weighted by Gasteiger charge is 2.23. The fourth-order valence-corrected chi connectivity index (χ4v) is 1.02. The second-order valence-corrected chi connectivity index (χ2v) is 2.59. The molecule has 1 aromatic rings. The van der Waals surface area contributed by atoms with Gasteiger partial charge in [-0.3, -0.25) is 0 Å². The maximum absolute atomic E-state index is 11.1. The number of hydrogen-bond donors (Lipinski definition) is 1. The normalized spacial score (nSPS) is 9.64. The zero-order valence-electron chi connectivity index (χ0n) is 7.46. The maximum atomic E-state index is 11.1. The van der Waals surface area contributed by atoms with Crippen LogP contribution in [0.5, 0.6) is 0 Å². The zero-order chi connectivity index (χ0) is 10.7. The summed E-state index contributed by atoms with van der Waals surface area (Å²) in [5.74, 6) is -1.49. The Morgan fingerprint density at radius 2 is 1.86 bits per heavy atom. The Kier molecular flexibility index (Phi) is 3.08. The minimum atomic E-state index is -0.756. The molecule has 1 aromatic heterocycles. The van der Waals surface area contributed by atoms with Crippen LogP contribution in [0.1, 0.15) is 21.0 Å². The number of imidazole rings is 1. The number of esters is 2. The van der Waals surface area contributed by atoms with Gasteiger partial charge in [-0.15, -0.1) is 0 Å². The summed E-state index contributed by atoms with van der Waals surface area (Å²) in [6.07, 6.45) is 0. The third kappa shape index (κ3) is 1.85. The van der Waals surface area contributed by atoms with E-state index in [2.05, 4.69) is 19.4 Å². The van der Waals surface area contributed by atoms with Gasteiger partial charge < -0.3 is 14.5 Å². The van der Waals surface area contributed by atoms with Crippen LogP contribution >= 0.6 is 11.6 Å². The van der Waals surface area contributed by atoms with Gasteiger partial charge in [0.2, 0.25) is 5.28 Å². The molecule has 0 aliphatic rings. The molecule has 0 amide bonds. The number of H-pyrrole nitrogens is 1. The van der Waals surface area contributed by atoms with Gasteiger partial charge in [0.1, 0.15) is 0 Å². The molecule has 0 spiro atoms. The van der Waals surface area contributed by atoms with Crippen molar-refractivity contribution < 1.29 is 19.1 Å². The number of aromatic amines is 1. The van der Waals surface area contributed by atoms with Crippen molar-refractivity contribution in [2.24, 2.45) is 0 Å². The van der Waals surface area contributed by atoms with E-state index in [9.17, 15) is 9.59 Å². The van der Waals surface area contributed by atoms with Gasteiger partial charge in [-0.25, -0.2) is 14.6 Å². The summed E-state index contributed by atoms with van der Waals surface area (Å²) < 4.78 is 8.81. The van der Waals surface area contributed by atoms with Crippen molar-refractivity contribution in [1.82, 2.24) is 9.97 Å². The molecule has 0 saturated carbocycles. The number of halogens is 1. The average Bonchev–Trinajstić information content (AvgIpc) is 2.58. The van der Waals surface area contributed by atoms with Crippen LogP contribution in [0, 0.1) is 0 Å². The molecule has 1 heterocycles. The third-order valence-electron chi connectivity index (χ3n) is 1.44. The van der Waals surface area contributed by atoms with Crippen LogP contribution in [0.15, 0.2) is 0 Å². The molecule has 1 rings (SSSR count). The first kappa shape index (κ1) is 10.5. The van der Waals surface area contributed by atoms with Crippen molar-refractivity contribution in [2.45, 2.75) is 0 Å². The van der Waals surface area contributed by atoms with Crippen molar-refractivity contribution in [2.75, 3.05) is 14.2 Å².